The second-order valence-electron chi connectivity index (χ2n) is 4.28. The van der Waals surface area contributed by atoms with Gasteiger partial charge in [-0.2, -0.15) is 0 Å². The zero-order chi connectivity index (χ0) is 12.3. The number of likely N-dealkylation sites (N-methyl/N-ethyl adjacent to an activating group) is 1. The molecule has 16 heavy (non-hydrogen) atoms. The van der Waals surface area contributed by atoms with Crippen molar-refractivity contribution in [3.05, 3.63) is 0 Å². The zero-order valence-corrected chi connectivity index (χ0v) is 10.3. The van der Waals surface area contributed by atoms with Gasteiger partial charge in [0.2, 0.25) is 11.8 Å². The van der Waals surface area contributed by atoms with Crippen LogP contribution in [-0.4, -0.2) is 49.1 Å². The van der Waals surface area contributed by atoms with Crippen LogP contribution in [0.2, 0.25) is 0 Å². The fourth-order valence-corrected chi connectivity index (χ4v) is 1.73. The van der Waals surface area contributed by atoms with Crippen LogP contribution in [0.5, 0.6) is 0 Å². The third-order valence-corrected chi connectivity index (χ3v) is 3.19. The Balaban J connectivity index is 2.55. The molecule has 1 rings (SSSR count). The molecule has 0 radical (unpaired) electrons. The minimum Gasteiger partial charge on any atom is -0.380 e. The Labute approximate surface area is 96.1 Å². The van der Waals surface area contributed by atoms with Crippen molar-refractivity contribution in [3.8, 4) is 0 Å². The Morgan fingerprint density at radius 3 is 2.62 bits per heavy atom. The van der Waals surface area contributed by atoms with Crippen molar-refractivity contribution in [2.75, 3.05) is 14.2 Å². The van der Waals surface area contributed by atoms with E-state index in [0.29, 0.717) is 12.8 Å². The zero-order valence-electron chi connectivity index (χ0n) is 10.3. The maximum absolute atomic E-state index is 11.8. The number of nitrogens with zero attached hydrogens (tertiary/aromatic N) is 1. The van der Waals surface area contributed by atoms with Crippen LogP contribution < -0.4 is 5.32 Å². The lowest BCUT2D eigenvalue weighted by molar-refractivity contribution is -0.148. The lowest BCUT2D eigenvalue weighted by Crippen LogP contribution is -2.55. The van der Waals surface area contributed by atoms with Gasteiger partial charge in [-0.15, -0.1) is 0 Å². The van der Waals surface area contributed by atoms with Crippen molar-refractivity contribution in [1.82, 2.24) is 10.2 Å². The molecule has 3 atom stereocenters. The fraction of sp³-hybridized carbons (Fsp3) is 0.818. The van der Waals surface area contributed by atoms with Crippen LogP contribution in [-0.2, 0) is 14.3 Å². The molecule has 0 aromatic heterocycles. The Morgan fingerprint density at radius 2 is 2.06 bits per heavy atom. The topological polar surface area (TPSA) is 58.6 Å². The van der Waals surface area contributed by atoms with Crippen LogP contribution in [0.4, 0.5) is 0 Å². The predicted molar refractivity (Wildman–Crippen MR) is 59.9 cm³/mol. The molecular weight excluding hydrogens is 208 g/mol. The highest BCUT2D eigenvalue weighted by molar-refractivity contribution is 6.00. The number of rotatable bonds is 4. The van der Waals surface area contributed by atoms with E-state index < -0.39 is 0 Å². The van der Waals surface area contributed by atoms with Gasteiger partial charge in [-0.1, -0.05) is 0 Å². The molecule has 3 unspecified atom stereocenters. The summed E-state index contributed by atoms with van der Waals surface area (Å²) in [6.07, 6.45) is 1.03. The summed E-state index contributed by atoms with van der Waals surface area (Å²) in [5.41, 5.74) is 0. The number of hydrogen-bond acceptors (Lipinski definition) is 4. The summed E-state index contributed by atoms with van der Waals surface area (Å²) in [6.45, 7) is 3.91. The van der Waals surface area contributed by atoms with E-state index in [9.17, 15) is 9.59 Å². The molecule has 1 fully saturated rings. The van der Waals surface area contributed by atoms with Crippen molar-refractivity contribution >= 4 is 11.8 Å². The van der Waals surface area contributed by atoms with Crippen molar-refractivity contribution in [2.24, 2.45) is 0 Å². The molecule has 0 bridgehead atoms. The highest BCUT2D eigenvalue weighted by Crippen LogP contribution is 2.12. The molecule has 1 N–H and O–H groups in total. The highest BCUT2D eigenvalue weighted by Gasteiger charge is 2.32. The number of carbonyl (C=O) groups excluding carboxylic acids is 2. The summed E-state index contributed by atoms with van der Waals surface area (Å²) in [4.78, 5) is 24.3. The first-order valence-corrected chi connectivity index (χ1v) is 5.56. The SMILES string of the molecule is COC(C)C(C)NC1CCC(=O)N(C)C1=O. The number of amides is 2. The van der Waals surface area contributed by atoms with Gasteiger partial charge in [-0.3, -0.25) is 14.5 Å². The fourth-order valence-electron chi connectivity index (χ4n) is 1.73. The number of imide groups is 1. The second kappa shape index (κ2) is 5.41. The lowest BCUT2D eigenvalue weighted by Gasteiger charge is -2.31. The number of likely N-dealkylation sites (tertiary alicyclic amines) is 1. The maximum Gasteiger partial charge on any atom is 0.246 e. The Morgan fingerprint density at radius 1 is 1.44 bits per heavy atom. The van der Waals surface area contributed by atoms with Crippen LogP contribution in [0.25, 0.3) is 0 Å². The van der Waals surface area contributed by atoms with Crippen molar-refractivity contribution in [2.45, 2.75) is 44.9 Å². The standard InChI is InChI=1S/C11H20N2O3/c1-7(8(2)16-4)12-9-5-6-10(14)13(3)11(9)15/h7-9,12H,5-6H2,1-4H3. The van der Waals surface area contributed by atoms with Gasteiger partial charge in [0.25, 0.3) is 0 Å². The molecule has 1 aliphatic heterocycles. The molecular formula is C11H20N2O3. The first-order valence-electron chi connectivity index (χ1n) is 5.56. The van der Waals surface area contributed by atoms with Crippen molar-refractivity contribution < 1.29 is 14.3 Å². The number of hydrogen-bond donors (Lipinski definition) is 1. The van der Waals surface area contributed by atoms with Gasteiger partial charge in [0.15, 0.2) is 0 Å². The predicted octanol–water partition coefficient (Wildman–Crippen LogP) is 0.147. The van der Waals surface area contributed by atoms with Gasteiger partial charge in [0, 0.05) is 26.6 Å². The molecule has 92 valence electrons. The monoisotopic (exact) mass is 228 g/mol. The van der Waals surface area contributed by atoms with E-state index in [-0.39, 0.29) is 30.0 Å². The molecule has 0 aliphatic carbocycles. The van der Waals surface area contributed by atoms with Crippen molar-refractivity contribution in [1.29, 1.82) is 0 Å². The first kappa shape index (κ1) is 13.1. The summed E-state index contributed by atoms with van der Waals surface area (Å²) in [7, 11) is 3.17. The summed E-state index contributed by atoms with van der Waals surface area (Å²) in [6, 6.07) is -0.184. The van der Waals surface area contributed by atoms with Crippen LogP contribution in [0.15, 0.2) is 0 Å². The quantitative estimate of drug-likeness (QED) is 0.696. The number of carbonyl (C=O) groups is 2. The molecule has 0 spiro atoms. The van der Waals surface area contributed by atoms with Crippen LogP contribution in [0, 0.1) is 0 Å². The smallest absolute Gasteiger partial charge is 0.246 e. The lowest BCUT2D eigenvalue weighted by atomic mass is 10.0. The van der Waals surface area contributed by atoms with Gasteiger partial charge in [0.1, 0.15) is 0 Å². The van der Waals surface area contributed by atoms with Gasteiger partial charge >= 0.3 is 0 Å². The molecule has 0 aromatic carbocycles. The third-order valence-electron chi connectivity index (χ3n) is 3.19. The van der Waals surface area contributed by atoms with Gasteiger partial charge in [-0.05, 0) is 20.3 Å². The minimum atomic E-state index is -0.268. The van der Waals surface area contributed by atoms with E-state index in [2.05, 4.69) is 5.32 Å². The normalized spacial score (nSPS) is 25.8. The highest BCUT2D eigenvalue weighted by atomic mass is 16.5. The van der Waals surface area contributed by atoms with Gasteiger partial charge in [-0.25, -0.2) is 0 Å². The van der Waals surface area contributed by atoms with Crippen molar-refractivity contribution in [3.63, 3.8) is 0 Å². The first-order chi connectivity index (χ1) is 7.47. The average molecular weight is 228 g/mol. The van der Waals surface area contributed by atoms with E-state index in [0.717, 1.165) is 0 Å². The summed E-state index contributed by atoms with van der Waals surface area (Å²) >= 11 is 0. The molecule has 0 aromatic rings. The van der Waals surface area contributed by atoms with E-state index in [1.54, 1.807) is 7.11 Å². The van der Waals surface area contributed by atoms with Gasteiger partial charge in [0.05, 0.1) is 12.1 Å². The molecule has 0 saturated carbocycles. The number of methoxy groups -OCH3 is 1. The van der Waals surface area contributed by atoms with E-state index in [4.69, 9.17) is 4.74 Å². The average Bonchev–Trinajstić information content (AvgIpc) is 2.28. The molecule has 1 saturated heterocycles. The van der Waals surface area contributed by atoms with Crippen LogP contribution >= 0.6 is 0 Å². The largest absolute Gasteiger partial charge is 0.380 e. The maximum atomic E-state index is 11.8. The number of nitrogens with one attached hydrogen (secondary N) is 1. The van der Waals surface area contributed by atoms with Gasteiger partial charge < -0.3 is 10.1 Å². The molecule has 5 nitrogen and oxygen atoms in total. The number of piperidine rings is 1. The third kappa shape index (κ3) is 2.80. The summed E-state index contributed by atoms with van der Waals surface area (Å²) in [5, 5.41) is 3.20. The Bertz CT molecular complexity index is 280. The molecule has 2 amide bonds. The second-order valence-corrected chi connectivity index (χ2v) is 4.28. The van der Waals surface area contributed by atoms with E-state index in [1.807, 2.05) is 13.8 Å². The summed E-state index contributed by atoms with van der Waals surface area (Å²) in [5.74, 6) is -0.248. The van der Waals surface area contributed by atoms with E-state index in [1.165, 1.54) is 11.9 Å². The van der Waals surface area contributed by atoms with Crippen LogP contribution in [0.3, 0.4) is 0 Å². The Kier molecular flexibility index (Phi) is 4.44. The van der Waals surface area contributed by atoms with Crippen LogP contribution in [0.1, 0.15) is 26.7 Å². The molecule has 5 heteroatoms. The Hall–Kier alpha value is -0.940. The molecule has 1 heterocycles. The molecule has 1 aliphatic rings. The number of ether oxygens (including phenoxy) is 1. The minimum absolute atomic E-state index is 0.0377. The van der Waals surface area contributed by atoms with E-state index >= 15 is 0 Å². The summed E-state index contributed by atoms with van der Waals surface area (Å²) < 4.78 is 5.18.